The third kappa shape index (κ3) is 4.14. The van der Waals surface area contributed by atoms with Gasteiger partial charge >= 0.3 is 12.1 Å². The van der Waals surface area contributed by atoms with E-state index in [4.69, 9.17) is 4.74 Å². The summed E-state index contributed by atoms with van der Waals surface area (Å²) in [5, 5.41) is 12.6. The van der Waals surface area contributed by atoms with Gasteiger partial charge in [0, 0.05) is 35.9 Å². The Labute approximate surface area is 143 Å². The SMILES string of the molecule is O=C(NC(Cc1c[nH]c2ccncc12)C(=O)O)OCc1ccccc1. The number of aliphatic carboxylic acids is 1. The Morgan fingerprint density at radius 1 is 1.24 bits per heavy atom. The molecule has 0 aliphatic heterocycles. The van der Waals surface area contributed by atoms with E-state index >= 15 is 0 Å². The average Bonchev–Trinajstić information content (AvgIpc) is 3.03. The van der Waals surface area contributed by atoms with Crippen LogP contribution in [0.25, 0.3) is 10.9 Å². The van der Waals surface area contributed by atoms with Crippen LogP contribution in [0.15, 0.2) is 55.0 Å². The molecule has 1 amide bonds. The summed E-state index contributed by atoms with van der Waals surface area (Å²) >= 11 is 0. The molecule has 25 heavy (non-hydrogen) atoms. The van der Waals surface area contributed by atoms with E-state index in [0.29, 0.717) is 0 Å². The van der Waals surface area contributed by atoms with E-state index in [9.17, 15) is 14.7 Å². The molecule has 0 radical (unpaired) electrons. The van der Waals surface area contributed by atoms with Gasteiger partial charge in [0.25, 0.3) is 0 Å². The van der Waals surface area contributed by atoms with Crippen LogP contribution in [-0.4, -0.2) is 33.2 Å². The molecule has 0 aliphatic carbocycles. The number of nitrogens with one attached hydrogen (secondary N) is 2. The van der Waals surface area contributed by atoms with Gasteiger partial charge in [-0.2, -0.15) is 0 Å². The number of rotatable bonds is 6. The smallest absolute Gasteiger partial charge is 0.408 e. The number of ether oxygens (including phenoxy) is 1. The minimum Gasteiger partial charge on any atom is -0.480 e. The minimum absolute atomic E-state index is 0.0794. The van der Waals surface area contributed by atoms with E-state index in [-0.39, 0.29) is 13.0 Å². The Morgan fingerprint density at radius 3 is 2.80 bits per heavy atom. The molecule has 1 aromatic carbocycles. The lowest BCUT2D eigenvalue weighted by molar-refractivity contribution is -0.139. The molecule has 7 heteroatoms. The number of carboxylic acid groups (broad SMARTS) is 1. The number of carbonyl (C=O) groups is 2. The number of carboxylic acids is 1. The first-order valence-corrected chi connectivity index (χ1v) is 7.73. The van der Waals surface area contributed by atoms with Crippen LogP contribution >= 0.6 is 0 Å². The van der Waals surface area contributed by atoms with E-state index in [1.807, 2.05) is 30.3 Å². The Hall–Kier alpha value is -3.35. The van der Waals surface area contributed by atoms with Gasteiger partial charge in [0.2, 0.25) is 0 Å². The lowest BCUT2D eigenvalue weighted by atomic mass is 10.1. The third-order valence-electron chi connectivity index (χ3n) is 3.80. The number of benzene rings is 1. The van der Waals surface area contributed by atoms with Gasteiger partial charge in [-0.15, -0.1) is 0 Å². The number of fused-ring (bicyclic) bond motifs is 1. The molecule has 128 valence electrons. The highest BCUT2D eigenvalue weighted by Gasteiger charge is 2.22. The van der Waals surface area contributed by atoms with E-state index < -0.39 is 18.1 Å². The maximum Gasteiger partial charge on any atom is 0.408 e. The summed E-state index contributed by atoms with van der Waals surface area (Å²) < 4.78 is 5.08. The summed E-state index contributed by atoms with van der Waals surface area (Å²) in [6.45, 7) is 0.0794. The standard InChI is InChI=1S/C18H17N3O4/c22-17(23)16(8-13-9-20-15-6-7-19-10-14(13)15)21-18(24)25-11-12-4-2-1-3-5-12/h1-7,9-10,16,20H,8,11H2,(H,21,24)(H,22,23). The molecule has 0 spiro atoms. The van der Waals surface area contributed by atoms with Gasteiger partial charge in [0.05, 0.1) is 0 Å². The summed E-state index contributed by atoms with van der Waals surface area (Å²) in [7, 11) is 0. The number of aromatic nitrogens is 2. The van der Waals surface area contributed by atoms with Crippen molar-refractivity contribution in [3.8, 4) is 0 Å². The van der Waals surface area contributed by atoms with Crippen molar-refractivity contribution < 1.29 is 19.4 Å². The lowest BCUT2D eigenvalue weighted by Gasteiger charge is -2.14. The highest BCUT2D eigenvalue weighted by atomic mass is 16.5. The number of nitrogens with zero attached hydrogens (tertiary/aromatic N) is 1. The fraction of sp³-hybridized carbons (Fsp3) is 0.167. The number of H-pyrrole nitrogens is 1. The van der Waals surface area contributed by atoms with Gasteiger partial charge in [-0.1, -0.05) is 30.3 Å². The second-order valence-corrected chi connectivity index (χ2v) is 5.54. The van der Waals surface area contributed by atoms with Gasteiger partial charge in [-0.25, -0.2) is 9.59 Å². The van der Waals surface area contributed by atoms with Crippen molar-refractivity contribution in [1.29, 1.82) is 0 Å². The normalized spacial score (nSPS) is 11.8. The summed E-state index contributed by atoms with van der Waals surface area (Å²) in [6.07, 6.45) is 4.39. The van der Waals surface area contributed by atoms with Crippen LogP contribution in [0.1, 0.15) is 11.1 Å². The van der Waals surface area contributed by atoms with Crippen LogP contribution in [0.2, 0.25) is 0 Å². The molecule has 0 saturated heterocycles. The predicted octanol–water partition coefficient (Wildman–Crippen LogP) is 2.49. The number of amides is 1. The summed E-state index contributed by atoms with van der Waals surface area (Å²) in [4.78, 5) is 30.5. The lowest BCUT2D eigenvalue weighted by Crippen LogP contribution is -2.42. The van der Waals surface area contributed by atoms with Crippen molar-refractivity contribution >= 4 is 23.0 Å². The summed E-state index contributed by atoms with van der Waals surface area (Å²) in [5.41, 5.74) is 2.45. The van der Waals surface area contributed by atoms with Crippen LogP contribution < -0.4 is 5.32 Å². The molecule has 3 rings (SSSR count). The predicted molar refractivity (Wildman–Crippen MR) is 91.0 cm³/mol. The largest absolute Gasteiger partial charge is 0.480 e. The van der Waals surface area contributed by atoms with Crippen molar-refractivity contribution in [2.75, 3.05) is 0 Å². The van der Waals surface area contributed by atoms with Crippen molar-refractivity contribution in [2.45, 2.75) is 19.1 Å². The molecule has 0 bridgehead atoms. The molecular formula is C18H17N3O4. The number of hydrogen-bond donors (Lipinski definition) is 3. The van der Waals surface area contributed by atoms with Crippen molar-refractivity contribution in [2.24, 2.45) is 0 Å². The van der Waals surface area contributed by atoms with Gasteiger partial charge in [-0.05, 0) is 17.2 Å². The maximum absolute atomic E-state index is 11.9. The van der Waals surface area contributed by atoms with Crippen LogP contribution in [0, 0.1) is 0 Å². The highest BCUT2D eigenvalue weighted by Crippen LogP contribution is 2.18. The van der Waals surface area contributed by atoms with E-state index in [0.717, 1.165) is 22.0 Å². The van der Waals surface area contributed by atoms with E-state index in [1.165, 1.54) is 0 Å². The van der Waals surface area contributed by atoms with Crippen LogP contribution in [0.3, 0.4) is 0 Å². The summed E-state index contributed by atoms with van der Waals surface area (Å²) in [6, 6.07) is 9.88. The monoisotopic (exact) mass is 339 g/mol. The molecule has 1 atom stereocenters. The molecule has 0 aliphatic rings. The number of carbonyl (C=O) groups excluding carboxylic acids is 1. The first kappa shape index (κ1) is 16.5. The molecule has 1 unspecified atom stereocenters. The zero-order chi connectivity index (χ0) is 17.6. The Bertz CT molecular complexity index is 876. The quantitative estimate of drug-likeness (QED) is 0.640. The maximum atomic E-state index is 11.9. The van der Waals surface area contributed by atoms with Gasteiger partial charge in [-0.3, -0.25) is 4.98 Å². The average molecular weight is 339 g/mol. The molecular weight excluding hydrogens is 322 g/mol. The summed E-state index contributed by atoms with van der Waals surface area (Å²) in [5.74, 6) is -1.13. The fourth-order valence-corrected chi connectivity index (χ4v) is 2.51. The second kappa shape index (κ2) is 7.48. The third-order valence-corrected chi connectivity index (χ3v) is 3.80. The van der Waals surface area contributed by atoms with Crippen LogP contribution in [0.5, 0.6) is 0 Å². The molecule has 3 N–H and O–H groups in total. The Balaban J connectivity index is 1.63. The van der Waals surface area contributed by atoms with Gasteiger partial charge in [0.15, 0.2) is 0 Å². The number of aromatic amines is 1. The van der Waals surface area contributed by atoms with E-state index in [2.05, 4.69) is 15.3 Å². The zero-order valence-corrected chi connectivity index (χ0v) is 13.3. The highest BCUT2D eigenvalue weighted by molar-refractivity contribution is 5.84. The molecule has 2 heterocycles. The molecule has 2 aromatic heterocycles. The fourth-order valence-electron chi connectivity index (χ4n) is 2.51. The topological polar surface area (TPSA) is 104 Å². The van der Waals surface area contributed by atoms with Crippen molar-refractivity contribution in [3.63, 3.8) is 0 Å². The molecule has 7 nitrogen and oxygen atoms in total. The number of hydrogen-bond acceptors (Lipinski definition) is 4. The van der Waals surface area contributed by atoms with Gasteiger partial charge < -0.3 is 20.1 Å². The Morgan fingerprint density at radius 2 is 2.04 bits per heavy atom. The molecule has 0 saturated carbocycles. The molecule has 0 fully saturated rings. The van der Waals surface area contributed by atoms with Crippen molar-refractivity contribution in [1.82, 2.24) is 15.3 Å². The van der Waals surface area contributed by atoms with E-state index in [1.54, 1.807) is 24.7 Å². The van der Waals surface area contributed by atoms with Crippen LogP contribution in [0.4, 0.5) is 4.79 Å². The zero-order valence-electron chi connectivity index (χ0n) is 13.3. The Kier molecular flexibility index (Phi) is 4.94. The van der Waals surface area contributed by atoms with Crippen LogP contribution in [-0.2, 0) is 22.6 Å². The number of pyridine rings is 1. The second-order valence-electron chi connectivity index (χ2n) is 5.54. The van der Waals surface area contributed by atoms with Crippen molar-refractivity contribution in [3.05, 3.63) is 66.1 Å². The molecule has 3 aromatic rings. The first-order valence-electron chi connectivity index (χ1n) is 7.73. The van der Waals surface area contributed by atoms with Gasteiger partial charge in [0.1, 0.15) is 12.6 Å². The first-order chi connectivity index (χ1) is 12.1. The minimum atomic E-state index is -1.13. The number of alkyl carbamates (subject to hydrolysis) is 1.